The van der Waals surface area contributed by atoms with Crippen molar-refractivity contribution in [3.63, 3.8) is 0 Å². The number of phenolic OH excluding ortho intramolecular Hbond substituents is 1. The van der Waals surface area contributed by atoms with Crippen molar-refractivity contribution in [2.75, 3.05) is 0 Å². The van der Waals surface area contributed by atoms with Gasteiger partial charge in [-0.05, 0) is 47.7 Å². The summed E-state index contributed by atoms with van der Waals surface area (Å²) in [5.41, 5.74) is 7.38. The number of para-hydroxylation sites is 1. The van der Waals surface area contributed by atoms with Crippen molar-refractivity contribution in [3.8, 4) is 5.75 Å². The van der Waals surface area contributed by atoms with Gasteiger partial charge in [-0.3, -0.25) is 0 Å². The van der Waals surface area contributed by atoms with Crippen LogP contribution in [0.3, 0.4) is 0 Å². The summed E-state index contributed by atoms with van der Waals surface area (Å²) in [4.78, 5) is 0. The zero-order valence-corrected chi connectivity index (χ0v) is 10.0. The molecule has 3 rings (SSSR count). The van der Waals surface area contributed by atoms with Crippen LogP contribution in [-0.4, -0.2) is 10.6 Å². The third-order valence-electron chi connectivity index (χ3n) is 3.99. The Morgan fingerprint density at radius 3 is 2.40 bits per heavy atom. The first-order chi connectivity index (χ1) is 7.09. The summed E-state index contributed by atoms with van der Waals surface area (Å²) in [5.74, 6) is 0.381. The van der Waals surface area contributed by atoms with Crippen molar-refractivity contribution in [1.29, 1.82) is 0 Å². The number of benzene rings is 1. The highest BCUT2D eigenvalue weighted by atomic mass is 79.9. The molecule has 3 heteroatoms. The largest absolute Gasteiger partial charge is 0.506 e. The number of hydrogen-bond donors (Lipinski definition) is 2. The molecule has 80 valence electrons. The van der Waals surface area contributed by atoms with Gasteiger partial charge in [-0.25, -0.2) is 0 Å². The maximum absolute atomic E-state index is 10.1. The van der Waals surface area contributed by atoms with Crippen LogP contribution >= 0.6 is 15.9 Å². The number of halogens is 1. The minimum absolute atomic E-state index is 0.0364. The van der Waals surface area contributed by atoms with Crippen LogP contribution in [0.1, 0.15) is 31.2 Å². The molecule has 0 saturated heterocycles. The molecule has 0 aromatic heterocycles. The zero-order chi connectivity index (χ0) is 10.7. The van der Waals surface area contributed by atoms with Crippen molar-refractivity contribution in [2.24, 2.45) is 5.73 Å². The molecular formula is C12H14BrNO. The van der Waals surface area contributed by atoms with E-state index in [2.05, 4.69) is 15.9 Å². The fourth-order valence-corrected chi connectivity index (χ4v) is 3.04. The molecule has 2 aliphatic carbocycles. The lowest BCUT2D eigenvalue weighted by Crippen LogP contribution is -2.37. The van der Waals surface area contributed by atoms with E-state index < -0.39 is 0 Å². The summed E-state index contributed by atoms with van der Waals surface area (Å²) in [6.07, 6.45) is 4.43. The van der Waals surface area contributed by atoms with Crippen molar-refractivity contribution < 1.29 is 5.11 Å². The second-order valence-electron chi connectivity index (χ2n) is 4.87. The molecule has 0 aliphatic heterocycles. The smallest absolute Gasteiger partial charge is 0.133 e. The van der Waals surface area contributed by atoms with Gasteiger partial charge >= 0.3 is 0 Å². The van der Waals surface area contributed by atoms with Crippen molar-refractivity contribution in [2.45, 2.75) is 36.6 Å². The van der Waals surface area contributed by atoms with Crippen LogP contribution < -0.4 is 5.73 Å². The molecule has 0 atom stereocenters. The van der Waals surface area contributed by atoms with Crippen LogP contribution in [0, 0.1) is 0 Å². The fraction of sp³-hybridized carbons (Fsp3) is 0.500. The Kier molecular flexibility index (Phi) is 1.79. The summed E-state index contributed by atoms with van der Waals surface area (Å²) < 4.78 is 0.774. The van der Waals surface area contributed by atoms with E-state index in [4.69, 9.17) is 5.73 Å². The first-order valence-corrected chi connectivity index (χ1v) is 6.15. The Balaban J connectivity index is 2.10. The maximum Gasteiger partial charge on any atom is 0.133 e. The van der Waals surface area contributed by atoms with E-state index in [1.54, 1.807) is 0 Å². The Labute approximate surface area is 97.6 Å². The van der Waals surface area contributed by atoms with E-state index in [9.17, 15) is 5.11 Å². The van der Waals surface area contributed by atoms with Gasteiger partial charge in [0.15, 0.2) is 0 Å². The Morgan fingerprint density at radius 1 is 1.20 bits per heavy atom. The normalized spacial score (nSPS) is 24.9. The van der Waals surface area contributed by atoms with Crippen LogP contribution in [0.2, 0.25) is 0 Å². The topological polar surface area (TPSA) is 46.2 Å². The lowest BCUT2D eigenvalue weighted by molar-refractivity contribution is 0.431. The van der Waals surface area contributed by atoms with E-state index in [-0.39, 0.29) is 11.0 Å². The number of phenols is 1. The Bertz CT molecular complexity index is 422. The minimum Gasteiger partial charge on any atom is -0.506 e. The van der Waals surface area contributed by atoms with E-state index in [1.165, 1.54) is 0 Å². The predicted molar refractivity (Wildman–Crippen MR) is 62.9 cm³/mol. The standard InChI is InChI=1S/C12H14BrNO/c13-9-3-1-2-8(10(9)15)11(4-5-11)12(14)6-7-12/h1-3,15H,4-7,14H2. The average molecular weight is 268 g/mol. The number of nitrogens with two attached hydrogens (primary N) is 1. The van der Waals surface area contributed by atoms with E-state index in [0.717, 1.165) is 35.7 Å². The lowest BCUT2D eigenvalue weighted by Gasteiger charge is -2.24. The molecule has 0 amide bonds. The van der Waals surface area contributed by atoms with Crippen LogP contribution in [-0.2, 0) is 5.41 Å². The van der Waals surface area contributed by atoms with E-state index in [1.807, 2.05) is 18.2 Å². The second kappa shape index (κ2) is 2.77. The third-order valence-corrected chi connectivity index (χ3v) is 4.63. The first kappa shape index (κ1) is 9.67. The van der Waals surface area contributed by atoms with Crippen molar-refractivity contribution >= 4 is 15.9 Å². The molecule has 2 saturated carbocycles. The summed E-state index contributed by atoms with van der Waals surface area (Å²) >= 11 is 3.36. The van der Waals surface area contributed by atoms with Crippen LogP contribution in [0.4, 0.5) is 0 Å². The fourth-order valence-electron chi connectivity index (χ4n) is 2.68. The molecular weight excluding hydrogens is 254 g/mol. The molecule has 15 heavy (non-hydrogen) atoms. The van der Waals surface area contributed by atoms with Gasteiger partial charge in [-0.1, -0.05) is 12.1 Å². The molecule has 0 bridgehead atoms. The van der Waals surface area contributed by atoms with Gasteiger partial charge < -0.3 is 10.8 Å². The van der Waals surface area contributed by atoms with Crippen LogP contribution in [0.15, 0.2) is 22.7 Å². The van der Waals surface area contributed by atoms with Gasteiger partial charge in [-0.15, -0.1) is 0 Å². The number of hydrogen-bond acceptors (Lipinski definition) is 2. The molecule has 2 fully saturated rings. The second-order valence-corrected chi connectivity index (χ2v) is 5.73. The maximum atomic E-state index is 10.1. The quantitative estimate of drug-likeness (QED) is 0.866. The summed E-state index contributed by atoms with van der Waals surface area (Å²) in [7, 11) is 0. The summed E-state index contributed by atoms with van der Waals surface area (Å²) in [6, 6.07) is 5.86. The number of rotatable bonds is 2. The van der Waals surface area contributed by atoms with Crippen molar-refractivity contribution in [1.82, 2.24) is 0 Å². The highest BCUT2D eigenvalue weighted by Crippen LogP contribution is 2.65. The van der Waals surface area contributed by atoms with Crippen LogP contribution in [0.25, 0.3) is 0 Å². The molecule has 0 heterocycles. The molecule has 0 spiro atoms. The van der Waals surface area contributed by atoms with Crippen molar-refractivity contribution in [3.05, 3.63) is 28.2 Å². The lowest BCUT2D eigenvalue weighted by atomic mass is 9.85. The third kappa shape index (κ3) is 1.20. The minimum atomic E-state index is -0.0364. The number of aromatic hydroxyl groups is 1. The Morgan fingerprint density at radius 2 is 1.87 bits per heavy atom. The van der Waals surface area contributed by atoms with Gasteiger partial charge in [0.05, 0.1) is 4.47 Å². The highest BCUT2D eigenvalue weighted by molar-refractivity contribution is 9.10. The van der Waals surface area contributed by atoms with E-state index >= 15 is 0 Å². The summed E-state index contributed by atoms with van der Waals surface area (Å²) in [5, 5.41) is 10.1. The Hall–Kier alpha value is -0.540. The van der Waals surface area contributed by atoms with Gasteiger partial charge in [0.2, 0.25) is 0 Å². The van der Waals surface area contributed by atoms with Crippen LogP contribution in [0.5, 0.6) is 5.75 Å². The average Bonchev–Trinajstić information content (AvgIpc) is 3.06. The SMILES string of the molecule is NC1(C2(c3cccc(Br)c3O)CC2)CC1. The zero-order valence-electron chi connectivity index (χ0n) is 8.46. The molecule has 1 aromatic rings. The van der Waals surface area contributed by atoms with Gasteiger partial charge in [0.1, 0.15) is 5.75 Å². The molecule has 2 nitrogen and oxygen atoms in total. The molecule has 0 radical (unpaired) electrons. The van der Waals surface area contributed by atoms with Gasteiger partial charge in [0, 0.05) is 16.5 Å². The highest BCUT2D eigenvalue weighted by Gasteiger charge is 2.64. The summed E-state index contributed by atoms with van der Waals surface area (Å²) in [6.45, 7) is 0. The monoisotopic (exact) mass is 267 g/mol. The predicted octanol–water partition coefficient (Wildman–Crippen LogP) is 2.68. The first-order valence-electron chi connectivity index (χ1n) is 5.36. The van der Waals surface area contributed by atoms with Gasteiger partial charge in [0.25, 0.3) is 0 Å². The van der Waals surface area contributed by atoms with Gasteiger partial charge in [-0.2, -0.15) is 0 Å². The van der Waals surface area contributed by atoms with E-state index in [0.29, 0.717) is 5.75 Å². The molecule has 2 aliphatic rings. The molecule has 3 N–H and O–H groups in total. The molecule has 0 unspecified atom stereocenters. The molecule has 1 aromatic carbocycles.